The van der Waals surface area contributed by atoms with Crippen molar-refractivity contribution in [3.63, 3.8) is 0 Å². The summed E-state index contributed by atoms with van der Waals surface area (Å²) in [5.74, 6) is 0.841. The molecular weight excluding hydrogens is 190 g/mol. The summed E-state index contributed by atoms with van der Waals surface area (Å²) in [4.78, 5) is 0. The van der Waals surface area contributed by atoms with Crippen molar-refractivity contribution in [2.45, 2.75) is 31.8 Å². The van der Waals surface area contributed by atoms with Crippen LogP contribution in [-0.2, 0) is 4.74 Å². The Hall–Kier alpha value is -1.16. The Bertz CT molecular complexity index is 272. The lowest BCUT2D eigenvalue weighted by atomic mass is 10.1. The molecule has 2 rings (SSSR count). The van der Waals surface area contributed by atoms with Gasteiger partial charge < -0.3 is 10.1 Å². The van der Waals surface area contributed by atoms with Gasteiger partial charge in [0, 0.05) is 19.3 Å². The molecule has 1 fully saturated rings. The van der Waals surface area contributed by atoms with Crippen molar-refractivity contribution >= 4 is 5.82 Å². The van der Waals surface area contributed by atoms with E-state index in [-0.39, 0.29) is 0 Å². The number of nitrogens with one attached hydrogen (secondary N) is 1. The van der Waals surface area contributed by atoms with E-state index in [2.05, 4.69) is 15.5 Å². The van der Waals surface area contributed by atoms with E-state index in [9.17, 15) is 0 Å². The summed E-state index contributed by atoms with van der Waals surface area (Å²) < 4.78 is 5.64. The van der Waals surface area contributed by atoms with Crippen LogP contribution in [0.1, 0.15) is 25.7 Å². The number of aromatic nitrogens is 2. The summed E-state index contributed by atoms with van der Waals surface area (Å²) >= 11 is 0. The second-order valence-corrected chi connectivity index (χ2v) is 3.81. The molecule has 1 aromatic rings. The van der Waals surface area contributed by atoms with Gasteiger partial charge in [-0.2, -0.15) is 5.10 Å². The molecule has 0 aliphatic carbocycles. The Balaban J connectivity index is 1.66. The van der Waals surface area contributed by atoms with Gasteiger partial charge in [0.1, 0.15) is 5.82 Å². The molecule has 82 valence electrons. The Morgan fingerprint density at radius 2 is 2.47 bits per heavy atom. The van der Waals surface area contributed by atoms with Gasteiger partial charge >= 0.3 is 0 Å². The van der Waals surface area contributed by atoms with E-state index in [1.54, 1.807) is 6.20 Å². The SMILES string of the molecule is c1cnnc(NCCC2CCCCO2)c1. The molecule has 1 aromatic heterocycles. The molecule has 1 aliphatic rings. The first-order valence-corrected chi connectivity index (χ1v) is 5.58. The van der Waals surface area contributed by atoms with Crippen LogP contribution in [0.5, 0.6) is 0 Å². The van der Waals surface area contributed by atoms with Crippen LogP contribution in [0.4, 0.5) is 5.82 Å². The average molecular weight is 207 g/mol. The van der Waals surface area contributed by atoms with Crippen molar-refractivity contribution in [2.75, 3.05) is 18.5 Å². The summed E-state index contributed by atoms with van der Waals surface area (Å²) in [6.45, 7) is 1.83. The highest BCUT2D eigenvalue weighted by atomic mass is 16.5. The second kappa shape index (κ2) is 5.66. The van der Waals surface area contributed by atoms with E-state index in [1.165, 1.54) is 19.3 Å². The van der Waals surface area contributed by atoms with Crippen molar-refractivity contribution in [3.8, 4) is 0 Å². The monoisotopic (exact) mass is 207 g/mol. The molecule has 0 aromatic carbocycles. The molecule has 1 aliphatic heterocycles. The molecular formula is C11H17N3O. The van der Waals surface area contributed by atoms with Gasteiger partial charge in [-0.25, -0.2) is 0 Å². The summed E-state index contributed by atoms with van der Waals surface area (Å²) in [5.41, 5.74) is 0. The van der Waals surface area contributed by atoms with Gasteiger partial charge in [0.2, 0.25) is 0 Å². The zero-order valence-corrected chi connectivity index (χ0v) is 8.85. The van der Waals surface area contributed by atoms with E-state index < -0.39 is 0 Å². The quantitative estimate of drug-likeness (QED) is 0.818. The molecule has 15 heavy (non-hydrogen) atoms. The normalized spacial score (nSPS) is 21.2. The van der Waals surface area contributed by atoms with Crippen molar-refractivity contribution < 1.29 is 4.74 Å². The van der Waals surface area contributed by atoms with E-state index in [0.29, 0.717) is 6.10 Å². The third-order valence-corrected chi connectivity index (χ3v) is 2.62. The van der Waals surface area contributed by atoms with Crippen LogP contribution in [0.15, 0.2) is 18.3 Å². The third-order valence-electron chi connectivity index (χ3n) is 2.62. The van der Waals surface area contributed by atoms with Crippen LogP contribution in [0.3, 0.4) is 0 Å². The molecule has 2 heterocycles. The van der Waals surface area contributed by atoms with E-state index in [0.717, 1.165) is 25.4 Å². The van der Waals surface area contributed by atoms with Gasteiger partial charge in [-0.15, -0.1) is 5.10 Å². The molecule has 0 radical (unpaired) electrons. The summed E-state index contributed by atoms with van der Waals surface area (Å²) in [6, 6.07) is 3.81. The summed E-state index contributed by atoms with van der Waals surface area (Å²) in [7, 11) is 0. The van der Waals surface area contributed by atoms with Crippen LogP contribution in [0, 0.1) is 0 Å². The lowest BCUT2D eigenvalue weighted by molar-refractivity contribution is 0.0134. The number of anilines is 1. The minimum Gasteiger partial charge on any atom is -0.378 e. The van der Waals surface area contributed by atoms with Gasteiger partial charge in [0.25, 0.3) is 0 Å². The maximum Gasteiger partial charge on any atom is 0.148 e. The molecule has 1 unspecified atom stereocenters. The zero-order valence-electron chi connectivity index (χ0n) is 8.85. The highest BCUT2D eigenvalue weighted by Gasteiger charge is 2.12. The van der Waals surface area contributed by atoms with Crippen LogP contribution in [0.25, 0.3) is 0 Å². The fraction of sp³-hybridized carbons (Fsp3) is 0.636. The first kappa shape index (κ1) is 10.4. The van der Waals surface area contributed by atoms with E-state index in [4.69, 9.17) is 4.74 Å². The van der Waals surface area contributed by atoms with Gasteiger partial charge in [0.15, 0.2) is 0 Å². The Morgan fingerprint density at radius 3 is 3.20 bits per heavy atom. The van der Waals surface area contributed by atoms with Gasteiger partial charge in [-0.05, 0) is 37.8 Å². The Kier molecular flexibility index (Phi) is 3.91. The maximum absolute atomic E-state index is 5.64. The maximum atomic E-state index is 5.64. The van der Waals surface area contributed by atoms with Gasteiger partial charge in [0.05, 0.1) is 6.10 Å². The van der Waals surface area contributed by atoms with E-state index >= 15 is 0 Å². The molecule has 0 amide bonds. The summed E-state index contributed by atoms with van der Waals surface area (Å²) in [6.07, 6.45) is 6.88. The number of nitrogens with zero attached hydrogens (tertiary/aromatic N) is 2. The first-order chi connectivity index (χ1) is 7.45. The lowest BCUT2D eigenvalue weighted by Crippen LogP contribution is -2.22. The third kappa shape index (κ3) is 3.47. The van der Waals surface area contributed by atoms with Crippen molar-refractivity contribution in [3.05, 3.63) is 18.3 Å². The highest BCUT2D eigenvalue weighted by molar-refractivity contribution is 5.31. The predicted molar refractivity (Wildman–Crippen MR) is 58.7 cm³/mol. The molecule has 4 heteroatoms. The van der Waals surface area contributed by atoms with Crippen LogP contribution in [0.2, 0.25) is 0 Å². The Labute approximate surface area is 90.1 Å². The van der Waals surface area contributed by atoms with Gasteiger partial charge in [-0.3, -0.25) is 0 Å². The van der Waals surface area contributed by atoms with Crippen LogP contribution >= 0.6 is 0 Å². The van der Waals surface area contributed by atoms with Crippen LogP contribution in [-0.4, -0.2) is 29.5 Å². The molecule has 1 atom stereocenters. The number of rotatable bonds is 4. The number of hydrogen-bond acceptors (Lipinski definition) is 4. The van der Waals surface area contributed by atoms with Crippen LogP contribution < -0.4 is 5.32 Å². The Morgan fingerprint density at radius 1 is 1.47 bits per heavy atom. The highest BCUT2D eigenvalue weighted by Crippen LogP contribution is 2.15. The smallest absolute Gasteiger partial charge is 0.148 e. The van der Waals surface area contributed by atoms with Crippen molar-refractivity contribution in [2.24, 2.45) is 0 Å². The number of hydrogen-bond donors (Lipinski definition) is 1. The largest absolute Gasteiger partial charge is 0.378 e. The van der Waals surface area contributed by atoms with E-state index in [1.807, 2.05) is 12.1 Å². The zero-order chi connectivity index (χ0) is 10.3. The molecule has 0 saturated carbocycles. The topological polar surface area (TPSA) is 47.0 Å². The average Bonchev–Trinajstić information content (AvgIpc) is 2.32. The lowest BCUT2D eigenvalue weighted by Gasteiger charge is -2.22. The first-order valence-electron chi connectivity index (χ1n) is 5.58. The number of ether oxygens (including phenoxy) is 1. The molecule has 0 spiro atoms. The van der Waals surface area contributed by atoms with Crippen molar-refractivity contribution in [1.82, 2.24) is 10.2 Å². The fourth-order valence-corrected chi connectivity index (χ4v) is 1.79. The van der Waals surface area contributed by atoms with Gasteiger partial charge in [-0.1, -0.05) is 0 Å². The minimum absolute atomic E-state index is 0.433. The standard InChI is InChI=1S/C11H17N3O/c1-2-9-15-10(4-1)6-8-12-11-5-3-7-13-14-11/h3,5,7,10H,1-2,4,6,8-9H2,(H,12,14). The second-order valence-electron chi connectivity index (χ2n) is 3.81. The predicted octanol–water partition coefficient (Wildman–Crippen LogP) is 1.85. The van der Waals surface area contributed by atoms with Crippen molar-refractivity contribution in [1.29, 1.82) is 0 Å². The molecule has 1 N–H and O–H groups in total. The molecule has 1 saturated heterocycles. The fourth-order valence-electron chi connectivity index (χ4n) is 1.79. The molecule has 0 bridgehead atoms. The minimum atomic E-state index is 0.433. The molecule has 4 nitrogen and oxygen atoms in total. The summed E-state index contributed by atoms with van der Waals surface area (Å²) in [5, 5.41) is 11.0.